The Morgan fingerprint density at radius 3 is 2.80 bits per heavy atom. The Labute approximate surface area is 95.8 Å². The number of hydrogen-bond donors (Lipinski definition) is 1. The van der Waals surface area contributed by atoms with Crippen molar-refractivity contribution < 1.29 is 9.53 Å². The third-order valence-corrected chi connectivity index (χ3v) is 2.40. The van der Waals surface area contributed by atoms with Crippen LogP contribution >= 0.6 is 15.9 Å². The fraction of sp³-hybridized carbons (Fsp3) is 0.200. The van der Waals surface area contributed by atoms with E-state index in [0.29, 0.717) is 21.2 Å². The SMILES string of the molecule is COC(=O)c1cc(Br)cc(C#N)c1CN. The number of methoxy groups -OCH3 is 1. The van der Waals surface area contributed by atoms with E-state index >= 15 is 0 Å². The summed E-state index contributed by atoms with van der Waals surface area (Å²) in [5, 5.41) is 8.87. The van der Waals surface area contributed by atoms with Crippen molar-refractivity contribution in [1.29, 1.82) is 5.26 Å². The van der Waals surface area contributed by atoms with Crippen LogP contribution in [0.3, 0.4) is 0 Å². The van der Waals surface area contributed by atoms with Gasteiger partial charge in [-0.15, -0.1) is 0 Å². The molecule has 0 aromatic heterocycles. The molecule has 15 heavy (non-hydrogen) atoms. The van der Waals surface area contributed by atoms with Crippen LogP contribution in [-0.2, 0) is 11.3 Å². The topological polar surface area (TPSA) is 76.1 Å². The zero-order valence-corrected chi connectivity index (χ0v) is 9.67. The van der Waals surface area contributed by atoms with Crippen molar-refractivity contribution in [2.45, 2.75) is 6.54 Å². The summed E-state index contributed by atoms with van der Waals surface area (Å²) in [6, 6.07) is 5.20. The van der Waals surface area contributed by atoms with Gasteiger partial charge in [0.25, 0.3) is 0 Å². The van der Waals surface area contributed by atoms with Gasteiger partial charge >= 0.3 is 5.97 Å². The molecule has 0 heterocycles. The minimum Gasteiger partial charge on any atom is -0.465 e. The number of carbonyl (C=O) groups is 1. The van der Waals surface area contributed by atoms with Gasteiger partial charge in [-0.3, -0.25) is 0 Å². The lowest BCUT2D eigenvalue weighted by Gasteiger charge is -2.08. The van der Waals surface area contributed by atoms with E-state index in [0.717, 1.165) is 0 Å². The molecule has 0 fully saturated rings. The zero-order valence-electron chi connectivity index (χ0n) is 8.08. The number of halogens is 1. The highest BCUT2D eigenvalue weighted by atomic mass is 79.9. The van der Waals surface area contributed by atoms with Crippen LogP contribution in [0.4, 0.5) is 0 Å². The largest absolute Gasteiger partial charge is 0.465 e. The Bertz CT molecular complexity index is 438. The van der Waals surface area contributed by atoms with Gasteiger partial charge in [-0.05, 0) is 17.7 Å². The summed E-state index contributed by atoms with van der Waals surface area (Å²) in [7, 11) is 1.29. The summed E-state index contributed by atoms with van der Waals surface area (Å²) >= 11 is 3.21. The van der Waals surface area contributed by atoms with Gasteiger partial charge in [0, 0.05) is 11.0 Å². The second-order valence-corrected chi connectivity index (χ2v) is 3.70. The van der Waals surface area contributed by atoms with Gasteiger partial charge in [-0.1, -0.05) is 15.9 Å². The van der Waals surface area contributed by atoms with Crippen LogP contribution < -0.4 is 5.73 Å². The minimum atomic E-state index is -0.492. The molecule has 0 aliphatic heterocycles. The Hall–Kier alpha value is -1.38. The van der Waals surface area contributed by atoms with E-state index in [1.807, 2.05) is 6.07 Å². The molecule has 4 nitrogen and oxygen atoms in total. The van der Waals surface area contributed by atoms with Crippen molar-refractivity contribution in [3.8, 4) is 6.07 Å². The first-order valence-electron chi connectivity index (χ1n) is 4.15. The molecule has 0 aliphatic carbocycles. The molecule has 0 atom stereocenters. The van der Waals surface area contributed by atoms with E-state index in [1.165, 1.54) is 7.11 Å². The maximum absolute atomic E-state index is 11.4. The first-order valence-corrected chi connectivity index (χ1v) is 4.94. The summed E-state index contributed by atoms with van der Waals surface area (Å²) in [5.41, 5.74) is 6.71. The van der Waals surface area contributed by atoms with Gasteiger partial charge in [0.05, 0.1) is 24.3 Å². The number of nitrogens with zero attached hydrogens (tertiary/aromatic N) is 1. The molecule has 0 unspecified atom stereocenters. The van der Waals surface area contributed by atoms with Crippen LogP contribution in [-0.4, -0.2) is 13.1 Å². The number of benzene rings is 1. The third kappa shape index (κ3) is 2.35. The number of carbonyl (C=O) groups excluding carboxylic acids is 1. The molecule has 0 radical (unpaired) electrons. The molecule has 1 aromatic rings. The Kier molecular flexibility index (Phi) is 3.83. The van der Waals surface area contributed by atoms with Crippen molar-refractivity contribution in [3.63, 3.8) is 0 Å². The van der Waals surface area contributed by atoms with Crippen molar-refractivity contribution >= 4 is 21.9 Å². The van der Waals surface area contributed by atoms with E-state index in [-0.39, 0.29) is 6.54 Å². The van der Waals surface area contributed by atoms with Crippen LogP contribution in [0, 0.1) is 11.3 Å². The zero-order chi connectivity index (χ0) is 11.4. The van der Waals surface area contributed by atoms with E-state index in [9.17, 15) is 4.79 Å². The van der Waals surface area contributed by atoms with Crippen molar-refractivity contribution in [2.75, 3.05) is 7.11 Å². The number of rotatable bonds is 2. The van der Waals surface area contributed by atoms with Gasteiger partial charge in [0.2, 0.25) is 0 Å². The summed E-state index contributed by atoms with van der Waals surface area (Å²) in [6.07, 6.45) is 0. The van der Waals surface area contributed by atoms with Crippen LogP contribution in [0.5, 0.6) is 0 Å². The first-order chi connectivity index (χ1) is 7.13. The second kappa shape index (κ2) is 4.91. The predicted molar refractivity (Wildman–Crippen MR) is 58.1 cm³/mol. The second-order valence-electron chi connectivity index (χ2n) is 2.79. The maximum Gasteiger partial charge on any atom is 0.338 e. The highest BCUT2D eigenvalue weighted by Crippen LogP contribution is 2.21. The monoisotopic (exact) mass is 268 g/mol. The first kappa shape index (κ1) is 11.7. The van der Waals surface area contributed by atoms with Crippen LogP contribution in [0.1, 0.15) is 21.5 Å². The van der Waals surface area contributed by atoms with Gasteiger partial charge < -0.3 is 10.5 Å². The maximum atomic E-state index is 11.4. The number of ether oxygens (including phenoxy) is 1. The van der Waals surface area contributed by atoms with E-state index in [1.54, 1.807) is 12.1 Å². The number of hydrogen-bond acceptors (Lipinski definition) is 4. The van der Waals surface area contributed by atoms with Gasteiger partial charge in [-0.2, -0.15) is 5.26 Å². The van der Waals surface area contributed by atoms with E-state index < -0.39 is 5.97 Å². The summed E-state index contributed by atoms with van der Waals surface area (Å²) < 4.78 is 5.26. The molecule has 2 N–H and O–H groups in total. The number of nitrogens with two attached hydrogens (primary N) is 1. The molecule has 5 heteroatoms. The number of nitriles is 1. The van der Waals surface area contributed by atoms with Crippen molar-refractivity contribution in [2.24, 2.45) is 5.73 Å². The highest BCUT2D eigenvalue weighted by molar-refractivity contribution is 9.10. The number of esters is 1. The molecule has 0 saturated carbocycles. The molecule has 0 saturated heterocycles. The molecule has 0 amide bonds. The minimum absolute atomic E-state index is 0.126. The van der Waals surface area contributed by atoms with Crippen LogP contribution in [0.2, 0.25) is 0 Å². The van der Waals surface area contributed by atoms with Crippen molar-refractivity contribution in [1.82, 2.24) is 0 Å². The average Bonchev–Trinajstić information content (AvgIpc) is 2.26. The van der Waals surface area contributed by atoms with Crippen molar-refractivity contribution in [3.05, 3.63) is 33.3 Å². The Balaban J connectivity index is 3.43. The molecule has 0 bridgehead atoms. The summed E-state index contributed by atoms with van der Waals surface area (Å²) in [6.45, 7) is 0.126. The van der Waals surface area contributed by atoms with E-state index in [2.05, 4.69) is 20.7 Å². The molecule has 78 valence electrons. The van der Waals surface area contributed by atoms with E-state index in [4.69, 9.17) is 11.0 Å². The van der Waals surface area contributed by atoms with Gasteiger partial charge in [0.15, 0.2) is 0 Å². The lowest BCUT2D eigenvalue weighted by molar-refractivity contribution is 0.0599. The fourth-order valence-electron chi connectivity index (χ4n) is 1.25. The van der Waals surface area contributed by atoms with Gasteiger partial charge in [-0.25, -0.2) is 4.79 Å². The van der Waals surface area contributed by atoms with Crippen LogP contribution in [0.15, 0.2) is 16.6 Å². The van der Waals surface area contributed by atoms with Gasteiger partial charge in [0.1, 0.15) is 0 Å². The normalized spacial score (nSPS) is 9.47. The summed E-state index contributed by atoms with van der Waals surface area (Å²) in [4.78, 5) is 11.4. The quantitative estimate of drug-likeness (QED) is 0.827. The summed E-state index contributed by atoms with van der Waals surface area (Å²) in [5.74, 6) is -0.492. The third-order valence-electron chi connectivity index (χ3n) is 1.94. The molecule has 1 aromatic carbocycles. The fourth-order valence-corrected chi connectivity index (χ4v) is 1.71. The highest BCUT2D eigenvalue weighted by Gasteiger charge is 2.15. The average molecular weight is 269 g/mol. The Morgan fingerprint density at radius 2 is 2.33 bits per heavy atom. The Morgan fingerprint density at radius 1 is 1.67 bits per heavy atom. The predicted octanol–water partition coefficient (Wildman–Crippen LogP) is 1.57. The molecular weight excluding hydrogens is 260 g/mol. The standard InChI is InChI=1S/C10H9BrN2O2/c1-15-10(14)8-3-7(11)2-6(4-12)9(8)5-13/h2-3H,5,13H2,1H3. The molecular formula is C10H9BrN2O2. The lowest BCUT2D eigenvalue weighted by atomic mass is 10.0. The molecule has 0 spiro atoms. The molecule has 1 rings (SSSR count). The lowest BCUT2D eigenvalue weighted by Crippen LogP contribution is -2.11. The molecule has 0 aliphatic rings. The van der Waals surface area contributed by atoms with Crippen LogP contribution in [0.25, 0.3) is 0 Å². The smallest absolute Gasteiger partial charge is 0.338 e.